The zero-order chi connectivity index (χ0) is 13.4. The van der Waals surface area contributed by atoms with Crippen molar-refractivity contribution in [3.63, 3.8) is 0 Å². The highest BCUT2D eigenvalue weighted by Crippen LogP contribution is 2.28. The minimum absolute atomic E-state index is 0.495. The van der Waals surface area contributed by atoms with Crippen molar-refractivity contribution in [2.45, 2.75) is 52.1 Å². The Bertz CT molecular complexity index is 350. The van der Waals surface area contributed by atoms with E-state index in [-0.39, 0.29) is 0 Å². The third-order valence-electron chi connectivity index (χ3n) is 2.94. The smallest absolute Gasteiger partial charge is 0.137 e. The number of hydrogen-bond donors (Lipinski definition) is 1. The zero-order valence-corrected chi connectivity index (χ0v) is 12.0. The lowest BCUT2D eigenvalue weighted by Gasteiger charge is -2.10. The lowest BCUT2D eigenvalue weighted by Crippen LogP contribution is -1.99. The van der Waals surface area contributed by atoms with Gasteiger partial charge in [0, 0.05) is 0 Å². The molecule has 1 atom stereocenters. The average Bonchev–Trinajstić information content (AvgIpc) is 2.35. The predicted octanol–water partition coefficient (Wildman–Crippen LogP) is 4.74. The van der Waals surface area contributed by atoms with Gasteiger partial charge in [-0.1, -0.05) is 50.3 Å². The van der Waals surface area contributed by atoms with Crippen LogP contribution in [0.15, 0.2) is 18.2 Å². The molecule has 2 nitrogen and oxygen atoms in total. The molecule has 0 unspecified atom stereocenters. The first-order valence-corrected chi connectivity index (χ1v) is 7.13. The van der Waals surface area contributed by atoms with Gasteiger partial charge in [0.25, 0.3) is 0 Å². The number of rotatable bonds is 8. The van der Waals surface area contributed by atoms with E-state index in [0.29, 0.717) is 17.4 Å². The average molecular weight is 271 g/mol. The third-order valence-corrected chi connectivity index (χ3v) is 3.24. The highest BCUT2D eigenvalue weighted by Gasteiger charge is 2.06. The summed E-state index contributed by atoms with van der Waals surface area (Å²) in [4.78, 5) is 0. The summed E-state index contributed by atoms with van der Waals surface area (Å²) in [6.07, 6.45) is 5.60. The summed E-state index contributed by atoms with van der Waals surface area (Å²) >= 11 is 6.10. The molecule has 1 aromatic carbocycles. The van der Waals surface area contributed by atoms with Gasteiger partial charge in [-0.25, -0.2) is 0 Å². The van der Waals surface area contributed by atoms with Crippen LogP contribution in [-0.2, 0) is 0 Å². The minimum Gasteiger partial charge on any atom is -0.492 e. The molecule has 0 heterocycles. The minimum atomic E-state index is -0.495. The van der Waals surface area contributed by atoms with Gasteiger partial charge in [-0.2, -0.15) is 0 Å². The molecule has 0 aliphatic carbocycles. The van der Waals surface area contributed by atoms with E-state index in [1.165, 1.54) is 25.7 Å². The van der Waals surface area contributed by atoms with Gasteiger partial charge >= 0.3 is 0 Å². The molecule has 0 saturated carbocycles. The first kappa shape index (κ1) is 15.3. The van der Waals surface area contributed by atoms with Crippen LogP contribution < -0.4 is 4.74 Å². The second-order valence-corrected chi connectivity index (χ2v) is 5.04. The molecule has 0 aromatic heterocycles. The number of aliphatic hydroxyl groups is 1. The van der Waals surface area contributed by atoms with Gasteiger partial charge in [-0.15, -0.1) is 0 Å². The molecule has 3 heteroatoms. The van der Waals surface area contributed by atoms with Crippen molar-refractivity contribution in [1.29, 1.82) is 0 Å². The molecule has 0 fully saturated rings. The van der Waals surface area contributed by atoms with Crippen molar-refractivity contribution in [3.05, 3.63) is 28.8 Å². The van der Waals surface area contributed by atoms with Crippen molar-refractivity contribution < 1.29 is 9.84 Å². The van der Waals surface area contributed by atoms with Gasteiger partial charge in [-0.3, -0.25) is 0 Å². The van der Waals surface area contributed by atoms with E-state index in [2.05, 4.69) is 6.92 Å². The number of benzene rings is 1. The van der Waals surface area contributed by atoms with Crippen molar-refractivity contribution >= 4 is 11.6 Å². The van der Waals surface area contributed by atoms with E-state index in [1.807, 2.05) is 12.1 Å². The molecular weight excluding hydrogens is 248 g/mol. The summed E-state index contributed by atoms with van der Waals surface area (Å²) in [5.74, 6) is 0.705. The summed E-state index contributed by atoms with van der Waals surface area (Å²) in [6, 6.07) is 5.44. The van der Waals surface area contributed by atoms with Crippen LogP contribution in [0.25, 0.3) is 0 Å². The quantitative estimate of drug-likeness (QED) is 0.691. The maximum atomic E-state index is 9.44. The van der Waals surface area contributed by atoms with Crippen LogP contribution in [0.2, 0.25) is 5.02 Å². The molecule has 18 heavy (non-hydrogen) atoms. The number of aliphatic hydroxyl groups excluding tert-OH is 1. The van der Waals surface area contributed by atoms with Crippen LogP contribution in [0.4, 0.5) is 0 Å². The maximum Gasteiger partial charge on any atom is 0.137 e. The van der Waals surface area contributed by atoms with Gasteiger partial charge in [0.2, 0.25) is 0 Å². The molecular formula is C15H23ClO2. The van der Waals surface area contributed by atoms with Crippen LogP contribution in [0.3, 0.4) is 0 Å². The Hall–Kier alpha value is -0.730. The van der Waals surface area contributed by atoms with E-state index in [0.717, 1.165) is 12.0 Å². The SMILES string of the molecule is CCCCCCCOc1ccc([C@H](C)O)cc1Cl. The number of ether oxygens (including phenoxy) is 1. The van der Waals surface area contributed by atoms with Crippen LogP contribution in [0.1, 0.15) is 57.6 Å². The fourth-order valence-corrected chi connectivity index (χ4v) is 2.03. The number of unbranched alkanes of at least 4 members (excludes halogenated alkanes) is 4. The monoisotopic (exact) mass is 270 g/mol. The summed E-state index contributed by atoms with van der Waals surface area (Å²) in [5, 5.41) is 10.0. The van der Waals surface area contributed by atoms with Crippen LogP contribution in [-0.4, -0.2) is 11.7 Å². The molecule has 0 aliphatic rings. The van der Waals surface area contributed by atoms with Gasteiger partial charge in [-0.05, 0) is 31.0 Å². The Morgan fingerprint density at radius 2 is 1.94 bits per heavy atom. The van der Waals surface area contributed by atoms with Gasteiger partial charge in [0.1, 0.15) is 5.75 Å². The molecule has 0 bridgehead atoms. The predicted molar refractivity (Wildman–Crippen MR) is 76.3 cm³/mol. The molecule has 0 spiro atoms. The molecule has 1 aromatic rings. The Morgan fingerprint density at radius 1 is 1.22 bits per heavy atom. The standard InChI is InChI=1S/C15H23ClO2/c1-3-4-5-6-7-10-18-15-9-8-13(12(2)17)11-14(15)16/h8-9,11-12,17H,3-7,10H2,1-2H3/t12-/m0/s1. The maximum absolute atomic E-state index is 9.44. The van der Waals surface area contributed by atoms with Gasteiger partial charge in [0.05, 0.1) is 17.7 Å². The summed E-state index contributed by atoms with van der Waals surface area (Å²) in [5.41, 5.74) is 0.815. The first-order chi connectivity index (χ1) is 8.65. The van der Waals surface area contributed by atoms with E-state index in [4.69, 9.17) is 16.3 Å². The third kappa shape index (κ3) is 5.28. The van der Waals surface area contributed by atoms with Crippen LogP contribution >= 0.6 is 11.6 Å². The van der Waals surface area contributed by atoms with Crippen molar-refractivity contribution in [2.75, 3.05) is 6.61 Å². The van der Waals surface area contributed by atoms with Crippen LogP contribution in [0.5, 0.6) is 5.75 Å². The van der Waals surface area contributed by atoms with Crippen molar-refractivity contribution in [3.8, 4) is 5.75 Å². The molecule has 1 rings (SSSR count). The lowest BCUT2D eigenvalue weighted by atomic mass is 10.1. The summed E-state index contributed by atoms with van der Waals surface area (Å²) in [6.45, 7) is 4.64. The molecule has 0 saturated heterocycles. The van der Waals surface area contributed by atoms with E-state index in [9.17, 15) is 5.11 Å². The first-order valence-electron chi connectivity index (χ1n) is 6.75. The fraction of sp³-hybridized carbons (Fsp3) is 0.600. The van der Waals surface area contributed by atoms with E-state index < -0.39 is 6.10 Å². The highest BCUT2D eigenvalue weighted by molar-refractivity contribution is 6.32. The van der Waals surface area contributed by atoms with Crippen LogP contribution in [0, 0.1) is 0 Å². The molecule has 102 valence electrons. The summed E-state index contributed by atoms with van der Waals surface area (Å²) < 4.78 is 5.64. The lowest BCUT2D eigenvalue weighted by molar-refractivity contribution is 0.199. The normalized spacial score (nSPS) is 12.4. The van der Waals surface area contributed by atoms with Gasteiger partial charge in [0.15, 0.2) is 0 Å². The highest BCUT2D eigenvalue weighted by atomic mass is 35.5. The molecule has 0 aliphatic heterocycles. The number of hydrogen-bond acceptors (Lipinski definition) is 2. The topological polar surface area (TPSA) is 29.5 Å². The largest absolute Gasteiger partial charge is 0.492 e. The zero-order valence-electron chi connectivity index (χ0n) is 11.3. The Kier molecular flexibility index (Phi) is 7.14. The fourth-order valence-electron chi connectivity index (χ4n) is 1.78. The molecule has 0 radical (unpaired) electrons. The second-order valence-electron chi connectivity index (χ2n) is 4.63. The Labute approximate surface area is 115 Å². The summed E-state index contributed by atoms with van der Waals surface area (Å²) in [7, 11) is 0. The number of halogens is 1. The van der Waals surface area contributed by atoms with E-state index in [1.54, 1.807) is 13.0 Å². The second kappa shape index (κ2) is 8.39. The molecule has 0 amide bonds. The molecule has 1 N–H and O–H groups in total. The van der Waals surface area contributed by atoms with Gasteiger partial charge < -0.3 is 9.84 Å². The van der Waals surface area contributed by atoms with E-state index >= 15 is 0 Å². The van der Waals surface area contributed by atoms with Crippen molar-refractivity contribution in [1.82, 2.24) is 0 Å². The Balaban J connectivity index is 2.34. The van der Waals surface area contributed by atoms with Crippen molar-refractivity contribution in [2.24, 2.45) is 0 Å². The Morgan fingerprint density at radius 3 is 2.56 bits per heavy atom.